The zero-order valence-corrected chi connectivity index (χ0v) is 15.3. The highest BCUT2D eigenvalue weighted by Gasteiger charge is 2.24. The van der Waals surface area contributed by atoms with Crippen molar-refractivity contribution in [3.05, 3.63) is 69.3 Å². The summed E-state index contributed by atoms with van der Waals surface area (Å²) in [5, 5.41) is 4.92. The smallest absolute Gasteiger partial charge is 0.250 e. The highest BCUT2D eigenvalue weighted by Crippen LogP contribution is 2.33. The zero-order chi connectivity index (χ0) is 17.7. The minimum atomic E-state index is 0.140. The van der Waals surface area contributed by atoms with Gasteiger partial charge in [-0.2, -0.15) is 0 Å². The summed E-state index contributed by atoms with van der Waals surface area (Å²) in [6, 6.07) is 11.0. The fourth-order valence-corrected chi connectivity index (χ4v) is 4.33. The number of rotatable bonds is 4. The number of fused-ring (bicyclic) bond motifs is 3. The molecular formula is C22H25N3O. The van der Waals surface area contributed by atoms with Gasteiger partial charge in [-0.25, -0.2) is 0 Å². The van der Waals surface area contributed by atoms with E-state index in [0.717, 1.165) is 45.3 Å². The molecule has 1 aliphatic heterocycles. The lowest BCUT2D eigenvalue weighted by Gasteiger charge is -2.17. The second kappa shape index (κ2) is 6.13. The van der Waals surface area contributed by atoms with Crippen molar-refractivity contribution >= 4 is 10.9 Å². The molecule has 1 aromatic carbocycles. The Kier molecular flexibility index (Phi) is 3.75. The van der Waals surface area contributed by atoms with E-state index in [1.165, 1.54) is 33.3 Å². The average Bonchev–Trinajstić information content (AvgIpc) is 3.45. The summed E-state index contributed by atoms with van der Waals surface area (Å²) in [5.41, 5.74) is 7.02. The van der Waals surface area contributed by atoms with E-state index in [-0.39, 0.29) is 5.56 Å². The van der Waals surface area contributed by atoms with Gasteiger partial charge in [0.05, 0.1) is 0 Å². The fraction of sp³-hybridized carbons (Fsp3) is 0.409. The Labute approximate surface area is 153 Å². The maximum absolute atomic E-state index is 12.0. The average molecular weight is 347 g/mol. The van der Waals surface area contributed by atoms with Crippen molar-refractivity contribution in [1.29, 1.82) is 0 Å². The maximum atomic E-state index is 12.0. The van der Waals surface area contributed by atoms with Crippen molar-refractivity contribution in [1.82, 2.24) is 14.5 Å². The van der Waals surface area contributed by atoms with Crippen LogP contribution in [-0.4, -0.2) is 15.7 Å². The second-order valence-electron chi connectivity index (χ2n) is 7.79. The number of benzene rings is 1. The number of pyridine rings is 1. The number of aryl methyl sites for hydroxylation is 3. The van der Waals surface area contributed by atoms with Crippen LogP contribution in [0.25, 0.3) is 10.9 Å². The largest absolute Gasteiger partial charge is 0.344 e. The molecule has 3 heterocycles. The van der Waals surface area contributed by atoms with Gasteiger partial charge in [-0.15, -0.1) is 0 Å². The first-order valence-electron chi connectivity index (χ1n) is 9.73. The molecule has 4 nitrogen and oxygen atoms in total. The molecule has 0 saturated heterocycles. The van der Waals surface area contributed by atoms with Crippen LogP contribution in [0.5, 0.6) is 0 Å². The maximum Gasteiger partial charge on any atom is 0.250 e. The standard InChI is InChI=1S/C22H25N3O/c1-15-2-6-20-18(12-15)19-13-23-10-8-21(19)24(20)11-9-16-3-7-22(26)25(14-16)17-4-5-17/h2-3,6-7,12,14,17,23H,4-5,8-11,13H2,1H3. The van der Waals surface area contributed by atoms with Crippen molar-refractivity contribution in [3.8, 4) is 0 Å². The first kappa shape index (κ1) is 15.9. The monoisotopic (exact) mass is 347 g/mol. The molecule has 4 heteroatoms. The molecule has 0 bridgehead atoms. The van der Waals surface area contributed by atoms with E-state index in [0.29, 0.717) is 6.04 Å². The Morgan fingerprint density at radius 3 is 2.92 bits per heavy atom. The Balaban J connectivity index is 1.50. The third-order valence-electron chi connectivity index (χ3n) is 5.85. The van der Waals surface area contributed by atoms with Gasteiger partial charge < -0.3 is 14.5 Å². The first-order valence-corrected chi connectivity index (χ1v) is 9.73. The molecule has 0 atom stereocenters. The summed E-state index contributed by atoms with van der Waals surface area (Å²) in [7, 11) is 0. The van der Waals surface area contributed by atoms with Crippen LogP contribution in [0.2, 0.25) is 0 Å². The number of nitrogens with one attached hydrogen (secondary N) is 1. The van der Waals surface area contributed by atoms with Crippen molar-refractivity contribution in [3.63, 3.8) is 0 Å². The number of aromatic nitrogens is 2. The lowest BCUT2D eigenvalue weighted by atomic mass is 10.0. The normalized spacial score (nSPS) is 16.8. The summed E-state index contributed by atoms with van der Waals surface area (Å²) in [5.74, 6) is 0. The molecule has 26 heavy (non-hydrogen) atoms. The first-order chi connectivity index (χ1) is 12.7. The summed E-state index contributed by atoms with van der Waals surface area (Å²) in [6.45, 7) is 5.15. The quantitative estimate of drug-likeness (QED) is 0.786. The minimum Gasteiger partial charge on any atom is -0.344 e. The Morgan fingerprint density at radius 2 is 2.08 bits per heavy atom. The van der Waals surface area contributed by atoms with E-state index in [9.17, 15) is 4.79 Å². The summed E-state index contributed by atoms with van der Waals surface area (Å²) >= 11 is 0. The van der Waals surface area contributed by atoms with Crippen LogP contribution in [0.1, 0.15) is 41.3 Å². The molecule has 3 aromatic rings. The minimum absolute atomic E-state index is 0.140. The Bertz CT molecular complexity index is 1040. The molecule has 1 saturated carbocycles. The van der Waals surface area contributed by atoms with Crippen molar-refractivity contribution in [2.24, 2.45) is 0 Å². The number of hydrogen-bond acceptors (Lipinski definition) is 2. The predicted molar refractivity (Wildman–Crippen MR) is 105 cm³/mol. The molecule has 1 aliphatic carbocycles. The molecule has 1 N–H and O–H groups in total. The zero-order valence-electron chi connectivity index (χ0n) is 15.3. The summed E-state index contributed by atoms with van der Waals surface area (Å²) < 4.78 is 4.45. The lowest BCUT2D eigenvalue weighted by molar-refractivity contribution is 0.592. The van der Waals surface area contributed by atoms with Gasteiger partial charge >= 0.3 is 0 Å². The van der Waals surface area contributed by atoms with E-state index < -0.39 is 0 Å². The van der Waals surface area contributed by atoms with Crippen LogP contribution in [0.4, 0.5) is 0 Å². The molecule has 5 rings (SSSR count). The van der Waals surface area contributed by atoms with E-state index >= 15 is 0 Å². The van der Waals surface area contributed by atoms with Gasteiger partial charge in [0.25, 0.3) is 5.56 Å². The van der Waals surface area contributed by atoms with E-state index in [1.807, 2.05) is 10.6 Å². The van der Waals surface area contributed by atoms with Crippen LogP contribution >= 0.6 is 0 Å². The number of hydrogen-bond donors (Lipinski definition) is 1. The van der Waals surface area contributed by atoms with Gasteiger partial charge in [-0.05, 0) is 49.4 Å². The van der Waals surface area contributed by atoms with Gasteiger partial charge in [0.1, 0.15) is 0 Å². The second-order valence-corrected chi connectivity index (χ2v) is 7.79. The van der Waals surface area contributed by atoms with Crippen LogP contribution in [0, 0.1) is 6.92 Å². The van der Waals surface area contributed by atoms with E-state index in [1.54, 1.807) is 6.07 Å². The third-order valence-corrected chi connectivity index (χ3v) is 5.85. The van der Waals surface area contributed by atoms with Crippen molar-refractivity contribution < 1.29 is 0 Å². The highest BCUT2D eigenvalue weighted by atomic mass is 16.1. The highest BCUT2D eigenvalue weighted by molar-refractivity contribution is 5.86. The summed E-state index contributed by atoms with van der Waals surface area (Å²) in [6.07, 6.45) is 6.43. The SMILES string of the molecule is Cc1ccc2c(c1)c1c(n2CCc2ccc(=O)n(C3CC3)c2)CCNC1. The van der Waals surface area contributed by atoms with Gasteiger partial charge in [0.2, 0.25) is 0 Å². The predicted octanol–water partition coefficient (Wildman–Crippen LogP) is 3.33. The molecule has 0 amide bonds. The van der Waals surface area contributed by atoms with E-state index in [4.69, 9.17) is 0 Å². The van der Waals surface area contributed by atoms with Gasteiger partial charge in [0, 0.05) is 61.0 Å². The molecule has 0 unspecified atom stereocenters. The number of nitrogens with zero attached hydrogens (tertiary/aromatic N) is 2. The molecule has 0 radical (unpaired) electrons. The Morgan fingerprint density at radius 1 is 1.19 bits per heavy atom. The van der Waals surface area contributed by atoms with Crippen molar-refractivity contribution in [2.45, 2.75) is 51.7 Å². The van der Waals surface area contributed by atoms with E-state index in [2.05, 4.69) is 41.2 Å². The van der Waals surface area contributed by atoms with Crippen LogP contribution < -0.4 is 10.9 Å². The topological polar surface area (TPSA) is 39.0 Å². The van der Waals surface area contributed by atoms with Gasteiger partial charge in [0.15, 0.2) is 0 Å². The van der Waals surface area contributed by atoms with Crippen LogP contribution in [0.15, 0.2) is 41.3 Å². The van der Waals surface area contributed by atoms with Crippen molar-refractivity contribution in [2.75, 3.05) is 6.54 Å². The molecule has 2 aromatic heterocycles. The van der Waals surface area contributed by atoms with Gasteiger partial charge in [-0.3, -0.25) is 4.79 Å². The van der Waals surface area contributed by atoms with Crippen LogP contribution in [0.3, 0.4) is 0 Å². The van der Waals surface area contributed by atoms with Crippen LogP contribution in [-0.2, 0) is 25.9 Å². The lowest BCUT2D eigenvalue weighted by Crippen LogP contribution is -2.25. The third kappa shape index (κ3) is 2.69. The molecule has 134 valence electrons. The van der Waals surface area contributed by atoms with Gasteiger partial charge in [-0.1, -0.05) is 17.7 Å². The molecule has 2 aliphatic rings. The molecule has 0 spiro atoms. The molecular weight excluding hydrogens is 322 g/mol. The summed E-state index contributed by atoms with van der Waals surface area (Å²) in [4.78, 5) is 12.0. The fourth-order valence-electron chi connectivity index (χ4n) is 4.33. The molecule has 1 fully saturated rings. The Hall–Kier alpha value is -2.33.